The Labute approximate surface area is 212 Å². The van der Waals surface area contributed by atoms with Gasteiger partial charge in [0.15, 0.2) is 0 Å². The van der Waals surface area contributed by atoms with Crippen LogP contribution in [0.15, 0.2) is 52.7 Å². The molecule has 1 saturated heterocycles. The van der Waals surface area contributed by atoms with E-state index in [0.29, 0.717) is 31.2 Å². The van der Waals surface area contributed by atoms with Crippen LogP contribution in [0, 0.1) is 5.82 Å². The molecular weight excluding hydrogens is 479 g/mol. The summed E-state index contributed by atoms with van der Waals surface area (Å²) in [5.74, 6) is 1.12. The fourth-order valence-electron chi connectivity index (χ4n) is 5.32. The highest BCUT2D eigenvalue weighted by Gasteiger charge is 2.29. The van der Waals surface area contributed by atoms with E-state index in [2.05, 4.69) is 16.9 Å². The molecule has 1 aliphatic carbocycles. The summed E-state index contributed by atoms with van der Waals surface area (Å²) in [6, 6.07) is 8.02. The van der Waals surface area contributed by atoms with Crippen LogP contribution < -0.4 is 16.6 Å². The van der Waals surface area contributed by atoms with E-state index in [1.807, 2.05) is 23.9 Å². The van der Waals surface area contributed by atoms with E-state index in [0.717, 1.165) is 36.1 Å². The third-order valence-corrected chi connectivity index (χ3v) is 8.33. The Bertz CT molecular complexity index is 1400. The monoisotopic (exact) mass is 508 g/mol. The summed E-state index contributed by atoms with van der Waals surface area (Å²) in [5.41, 5.74) is 0.941. The number of benzene rings is 1. The van der Waals surface area contributed by atoms with Crippen molar-refractivity contribution in [1.29, 1.82) is 0 Å². The largest absolute Gasteiger partial charge is 0.349 e. The number of rotatable bonds is 5. The van der Waals surface area contributed by atoms with E-state index in [1.165, 1.54) is 10.6 Å². The van der Waals surface area contributed by atoms with E-state index >= 15 is 0 Å². The van der Waals surface area contributed by atoms with Crippen LogP contribution in [0.1, 0.15) is 66.5 Å². The lowest BCUT2D eigenvalue weighted by Gasteiger charge is -2.31. The zero-order valence-electron chi connectivity index (χ0n) is 20.0. The lowest BCUT2D eigenvalue weighted by Crippen LogP contribution is -2.46. The topological polar surface area (TPSA) is 86.0 Å². The van der Waals surface area contributed by atoms with Gasteiger partial charge in [-0.05, 0) is 73.8 Å². The molecule has 5 rings (SSSR count). The number of carbonyl (C=O) groups is 1. The van der Waals surface area contributed by atoms with Gasteiger partial charge in [0.25, 0.3) is 11.5 Å². The molecule has 0 spiro atoms. The molecule has 2 fully saturated rings. The van der Waals surface area contributed by atoms with Crippen molar-refractivity contribution in [3.63, 3.8) is 0 Å². The first-order valence-electron chi connectivity index (χ1n) is 12.4. The molecule has 1 aromatic carbocycles. The molecule has 1 amide bonds. The van der Waals surface area contributed by atoms with Crippen LogP contribution in [0.3, 0.4) is 0 Å². The van der Waals surface area contributed by atoms with Gasteiger partial charge in [0.2, 0.25) is 0 Å². The number of amides is 1. The molecule has 3 aromatic rings. The number of carbonyl (C=O) groups excluding carboxylic acids is 1. The number of aromatic nitrogens is 3. The van der Waals surface area contributed by atoms with Gasteiger partial charge in [-0.1, -0.05) is 24.8 Å². The van der Waals surface area contributed by atoms with Crippen LogP contribution in [0.4, 0.5) is 4.39 Å². The molecule has 0 bridgehead atoms. The maximum Gasteiger partial charge on any atom is 0.333 e. The molecule has 1 aliphatic heterocycles. The number of thioether (sulfide) groups is 1. The van der Waals surface area contributed by atoms with Gasteiger partial charge in [-0.3, -0.25) is 18.7 Å². The lowest BCUT2D eigenvalue weighted by atomic mass is 9.90. The third kappa shape index (κ3) is 4.76. The predicted molar refractivity (Wildman–Crippen MR) is 141 cm³/mol. The van der Waals surface area contributed by atoms with Gasteiger partial charge in [-0.25, -0.2) is 14.2 Å². The molecule has 7 nitrogen and oxygen atoms in total. The van der Waals surface area contributed by atoms with Gasteiger partial charge in [-0.15, -0.1) is 0 Å². The summed E-state index contributed by atoms with van der Waals surface area (Å²) in [5, 5.41) is 3.22. The second-order valence-electron chi connectivity index (χ2n) is 9.50. The van der Waals surface area contributed by atoms with E-state index < -0.39 is 11.4 Å². The number of halogens is 1. The van der Waals surface area contributed by atoms with Gasteiger partial charge >= 0.3 is 5.69 Å². The summed E-state index contributed by atoms with van der Waals surface area (Å²) in [4.78, 5) is 43.9. The average molecular weight is 509 g/mol. The Morgan fingerprint density at radius 3 is 2.36 bits per heavy atom. The summed E-state index contributed by atoms with van der Waals surface area (Å²) < 4.78 is 17.0. The molecule has 9 heteroatoms. The smallest absolute Gasteiger partial charge is 0.333 e. The Kier molecular flexibility index (Phi) is 7.09. The second-order valence-corrected chi connectivity index (χ2v) is 10.7. The molecule has 0 radical (unpaired) electrons. The molecule has 2 aromatic heterocycles. The minimum Gasteiger partial charge on any atom is -0.349 e. The van der Waals surface area contributed by atoms with Crippen LogP contribution >= 0.6 is 11.8 Å². The number of pyridine rings is 1. The minimum atomic E-state index is -0.594. The first-order valence-corrected chi connectivity index (χ1v) is 13.5. The summed E-state index contributed by atoms with van der Waals surface area (Å²) in [7, 11) is 0. The number of nitrogens with zero attached hydrogens (tertiary/aromatic N) is 3. The van der Waals surface area contributed by atoms with Crippen molar-refractivity contribution in [1.82, 2.24) is 19.4 Å². The van der Waals surface area contributed by atoms with Crippen LogP contribution in [-0.4, -0.2) is 37.6 Å². The Balaban J connectivity index is 1.39. The van der Waals surface area contributed by atoms with Gasteiger partial charge in [-0.2, -0.15) is 11.8 Å². The van der Waals surface area contributed by atoms with Crippen LogP contribution in [0.5, 0.6) is 0 Å². The third-order valence-electron chi connectivity index (χ3n) is 7.28. The van der Waals surface area contributed by atoms with Crippen LogP contribution in [0.25, 0.3) is 17.1 Å². The highest BCUT2D eigenvalue weighted by atomic mass is 32.2. The van der Waals surface area contributed by atoms with Crippen molar-refractivity contribution in [2.45, 2.75) is 56.7 Å². The number of nitrogens with one attached hydrogen (secondary N) is 1. The molecule has 0 unspecified atom stereocenters. The molecule has 188 valence electrons. The van der Waals surface area contributed by atoms with Gasteiger partial charge in [0.05, 0.1) is 11.6 Å². The van der Waals surface area contributed by atoms with E-state index in [9.17, 15) is 18.8 Å². The Hall–Kier alpha value is -3.20. The molecule has 0 atom stereocenters. The van der Waals surface area contributed by atoms with Gasteiger partial charge < -0.3 is 5.32 Å². The van der Waals surface area contributed by atoms with Crippen LogP contribution in [-0.2, 0) is 0 Å². The fourth-order valence-corrected chi connectivity index (χ4v) is 6.40. The molecule has 2 aliphatic rings. The van der Waals surface area contributed by atoms with Crippen molar-refractivity contribution >= 4 is 34.8 Å². The molecule has 1 saturated carbocycles. The standard InChI is InChI=1S/C27H29FN4O3S/c1-2-17-3-5-18(6-4-17)25(33)30-20-7-9-21(10-8-20)32-26(34)23-15-19(28)16-29-24(23)31(27(32)35)22-11-13-36-14-12-22/h2-6,15-16,20-22H,1,7-14H2,(H,30,33). The lowest BCUT2D eigenvalue weighted by molar-refractivity contribution is 0.0922. The van der Waals surface area contributed by atoms with E-state index in [4.69, 9.17) is 0 Å². The SMILES string of the molecule is C=Cc1ccc(C(=O)NC2CCC(n3c(=O)c4cc(F)cnc4n(C4CCSCC4)c3=O)CC2)cc1. The number of hydrogen-bond acceptors (Lipinski definition) is 5. The summed E-state index contributed by atoms with van der Waals surface area (Å²) in [6.45, 7) is 3.72. The van der Waals surface area contributed by atoms with Gasteiger partial charge in [0.1, 0.15) is 11.5 Å². The predicted octanol–water partition coefficient (Wildman–Crippen LogP) is 4.32. The van der Waals surface area contributed by atoms with E-state index in [-0.39, 0.29) is 40.8 Å². The number of hydrogen-bond donors (Lipinski definition) is 1. The van der Waals surface area contributed by atoms with Crippen molar-refractivity contribution in [2.75, 3.05) is 11.5 Å². The maximum absolute atomic E-state index is 14.1. The first-order chi connectivity index (χ1) is 17.5. The summed E-state index contributed by atoms with van der Waals surface area (Å²) in [6.07, 6.45) is 6.85. The molecule has 36 heavy (non-hydrogen) atoms. The summed E-state index contributed by atoms with van der Waals surface area (Å²) >= 11 is 1.84. The first kappa shape index (κ1) is 24.5. The molecular formula is C27H29FN4O3S. The zero-order chi connectivity index (χ0) is 25.2. The number of fused-ring (bicyclic) bond motifs is 1. The highest BCUT2D eigenvalue weighted by molar-refractivity contribution is 7.99. The fraction of sp³-hybridized carbons (Fsp3) is 0.407. The zero-order valence-corrected chi connectivity index (χ0v) is 20.8. The molecule has 3 heterocycles. The minimum absolute atomic E-state index is 0.0410. The normalized spacial score (nSPS) is 20.8. The maximum atomic E-state index is 14.1. The van der Waals surface area contributed by atoms with E-state index in [1.54, 1.807) is 22.8 Å². The second kappa shape index (κ2) is 10.4. The van der Waals surface area contributed by atoms with Crippen LogP contribution in [0.2, 0.25) is 0 Å². The van der Waals surface area contributed by atoms with Crippen molar-refractivity contribution in [3.8, 4) is 0 Å². The highest BCUT2D eigenvalue weighted by Crippen LogP contribution is 2.30. The van der Waals surface area contributed by atoms with Crippen molar-refractivity contribution in [3.05, 3.63) is 80.9 Å². The van der Waals surface area contributed by atoms with Crippen molar-refractivity contribution < 1.29 is 9.18 Å². The quantitative estimate of drug-likeness (QED) is 0.555. The molecule has 1 N–H and O–H groups in total. The van der Waals surface area contributed by atoms with Gasteiger partial charge in [0, 0.05) is 23.7 Å². The Morgan fingerprint density at radius 1 is 1.03 bits per heavy atom. The average Bonchev–Trinajstić information content (AvgIpc) is 2.91. The Morgan fingerprint density at radius 2 is 1.69 bits per heavy atom. The van der Waals surface area contributed by atoms with Crippen molar-refractivity contribution in [2.24, 2.45) is 0 Å².